The molecule has 2 unspecified atom stereocenters. The first-order valence-electron chi connectivity index (χ1n) is 9.15. The van der Waals surface area contributed by atoms with Crippen LogP contribution in [0.4, 0.5) is 4.39 Å². The summed E-state index contributed by atoms with van der Waals surface area (Å²) in [5.74, 6) is 0.908. The summed E-state index contributed by atoms with van der Waals surface area (Å²) < 4.78 is 21.0. The molecule has 3 rings (SSSR count). The lowest BCUT2D eigenvalue weighted by Gasteiger charge is -2.36. The van der Waals surface area contributed by atoms with Crippen LogP contribution in [0.25, 0.3) is 0 Å². The third-order valence-electron chi connectivity index (χ3n) is 5.41. The fourth-order valence-corrected chi connectivity index (χ4v) is 4.32. The monoisotopic (exact) mass is 432 g/mol. The smallest absolute Gasteiger partial charge is 0.128 e. The van der Waals surface area contributed by atoms with E-state index in [9.17, 15) is 4.39 Å². The van der Waals surface area contributed by atoms with Crippen molar-refractivity contribution in [1.29, 1.82) is 0 Å². The van der Waals surface area contributed by atoms with Crippen LogP contribution in [0.3, 0.4) is 0 Å². The highest BCUT2D eigenvalue weighted by Crippen LogP contribution is 2.39. The first-order chi connectivity index (χ1) is 13.0. The zero-order valence-corrected chi connectivity index (χ0v) is 17.4. The van der Waals surface area contributed by atoms with Gasteiger partial charge in [0.15, 0.2) is 0 Å². The summed E-state index contributed by atoms with van der Waals surface area (Å²) in [4.78, 5) is 2.32. The molecule has 1 aliphatic heterocycles. The molecule has 0 aromatic heterocycles. The van der Waals surface area contributed by atoms with Crippen LogP contribution in [0.1, 0.15) is 18.1 Å². The van der Waals surface area contributed by atoms with Gasteiger partial charge in [-0.2, -0.15) is 0 Å². The largest absolute Gasteiger partial charge is 0.497 e. The second kappa shape index (κ2) is 8.55. The zero-order valence-electron chi connectivity index (χ0n) is 15.8. The normalized spacial score (nSPS) is 22.7. The molecule has 1 saturated heterocycles. The maximum Gasteiger partial charge on any atom is 0.128 e. The van der Waals surface area contributed by atoms with Crippen molar-refractivity contribution >= 4 is 15.9 Å². The Labute approximate surface area is 169 Å². The summed E-state index contributed by atoms with van der Waals surface area (Å²) in [7, 11) is 1.66. The Balaban J connectivity index is 1.92. The molecule has 3 nitrogen and oxygen atoms in total. The Kier molecular flexibility index (Phi) is 6.35. The average molecular weight is 433 g/mol. The van der Waals surface area contributed by atoms with Crippen LogP contribution in [0.5, 0.6) is 5.75 Å². The minimum absolute atomic E-state index is 0.173. The predicted molar refractivity (Wildman–Crippen MR) is 111 cm³/mol. The van der Waals surface area contributed by atoms with Gasteiger partial charge in [-0.3, -0.25) is 4.90 Å². The standard InChI is InChI=1S/C22H26BrFN2O/c1-4-11-26-14-16(2)22(15-26,20-12-18(23)7-10-21(20)24)25-13-17-5-8-19(27-3)9-6-17/h4-10,12,16,25H,1,11,13-15H2,2-3H3. The van der Waals surface area contributed by atoms with E-state index in [0.717, 1.165) is 35.4 Å². The van der Waals surface area contributed by atoms with Gasteiger partial charge in [-0.1, -0.05) is 41.1 Å². The van der Waals surface area contributed by atoms with Gasteiger partial charge in [0.25, 0.3) is 0 Å². The molecule has 0 amide bonds. The van der Waals surface area contributed by atoms with Gasteiger partial charge < -0.3 is 10.1 Å². The molecular weight excluding hydrogens is 407 g/mol. The molecule has 27 heavy (non-hydrogen) atoms. The van der Waals surface area contributed by atoms with Crippen LogP contribution >= 0.6 is 15.9 Å². The molecule has 0 aliphatic carbocycles. The minimum atomic E-state index is -0.462. The van der Waals surface area contributed by atoms with E-state index in [1.807, 2.05) is 36.4 Å². The average Bonchev–Trinajstić information content (AvgIpc) is 2.99. The number of ether oxygens (including phenoxy) is 1. The van der Waals surface area contributed by atoms with Gasteiger partial charge in [0.2, 0.25) is 0 Å². The van der Waals surface area contributed by atoms with Crippen LogP contribution < -0.4 is 10.1 Å². The third-order valence-corrected chi connectivity index (χ3v) is 5.90. The lowest BCUT2D eigenvalue weighted by Crippen LogP contribution is -2.48. The summed E-state index contributed by atoms with van der Waals surface area (Å²) in [5, 5.41) is 3.69. The van der Waals surface area contributed by atoms with Crippen LogP contribution in [0, 0.1) is 11.7 Å². The topological polar surface area (TPSA) is 24.5 Å². The molecule has 5 heteroatoms. The molecule has 2 atom stereocenters. The molecule has 2 aromatic carbocycles. The van der Waals surface area contributed by atoms with Crippen LogP contribution in [0.2, 0.25) is 0 Å². The van der Waals surface area contributed by atoms with Crippen molar-refractivity contribution in [2.45, 2.75) is 19.0 Å². The maximum atomic E-state index is 14.9. The van der Waals surface area contributed by atoms with E-state index in [1.165, 1.54) is 0 Å². The molecule has 1 heterocycles. The number of nitrogens with one attached hydrogen (secondary N) is 1. The molecule has 0 saturated carbocycles. The molecule has 1 fully saturated rings. The van der Waals surface area contributed by atoms with Gasteiger partial charge in [-0.15, -0.1) is 6.58 Å². The summed E-state index contributed by atoms with van der Waals surface area (Å²) in [6.45, 7) is 9.13. The molecule has 144 valence electrons. The maximum absolute atomic E-state index is 14.9. The SMILES string of the molecule is C=CCN1CC(C)C(NCc2ccc(OC)cc2)(c2cc(Br)ccc2F)C1. The van der Waals surface area contributed by atoms with Crippen molar-refractivity contribution < 1.29 is 9.13 Å². The van der Waals surface area contributed by atoms with Gasteiger partial charge in [-0.05, 0) is 41.8 Å². The number of likely N-dealkylation sites (tertiary alicyclic amines) is 1. The number of hydrogen-bond acceptors (Lipinski definition) is 3. The number of benzene rings is 2. The van der Waals surface area contributed by atoms with E-state index in [-0.39, 0.29) is 11.7 Å². The van der Waals surface area contributed by atoms with E-state index in [1.54, 1.807) is 19.2 Å². The summed E-state index contributed by atoms with van der Waals surface area (Å²) in [5.41, 5.74) is 1.39. The Morgan fingerprint density at radius 2 is 2.07 bits per heavy atom. The quantitative estimate of drug-likeness (QED) is 0.640. The molecule has 0 spiro atoms. The highest BCUT2D eigenvalue weighted by Gasteiger charge is 2.46. The van der Waals surface area contributed by atoms with E-state index in [4.69, 9.17) is 4.74 Å². The van der Waals surface area contributed by atoms with Gasteiger partial charge in [0.05, 0.1) is 12.6 Å². The molecule has 1 aliphatic rings. The highest BCUT2D eigenvalue weighted by atomic mass is 79.9. The zero-order chi connectivity index (χ0) is 19.4. The summed E-state index contributed by atoms with van der Waals surface area (Å²) in [6, 6.07) is 13.2. The second-order valence-corrected chi connectivity index (χ2v) is 8.10. The van der Waals surface area contributed by atoms with Crippen LogP contribution in [-0.4, -0.2) is 31.6 Å². The van der Waals surface area contributed by atoms with Crippen LogP contribution in [0.15, 0.2) is 59.6 Å². The van der Waals surface area contributed by atoms with Crippen molar-refractivity contribution in [1.82, 2.24) is 10.2 Å². The van der Waals surface area contributed by atoms with Crippen molar-refractivity contribution in [3.05, 3.63) is 76.5 Å². The molecule has 2 aromatic rings. The fourth-order valence-electron chi connectivity index (χ4n) is 3.96. The van der Waals surface area contributed by atoms with E-state index >= 15 is 0 Å². The van der Waals surface area contributed by atoms with E-state index in [0.29, 0.717) is 12.1 Å². The molecule has 0 bridgehead atoms. The van der Waals surface area contributed by atoms with Crippen molar-refractivity contribution in [2.24, 2.45) is 5.92 Å². The summed E-state index contributed by atoms with van der Waals surface area (Å²) >= 11 is 3.51. The van der Waals surface area contributed by atoms with Crippen molar-refractivity contribution in [3.63, 3.8) is 0 Å². The van der Waals surface area contributed by atoms with Gasteiger partial charge in [0, 0.05) is 36.2 Å². The van der Waals surface area contributed by atoms with Crippen molar-refractivity contribution in [2.75, 3.05) is 26.7 Å². The molecular formula is C22H26BrFN2O. The Bertz CT molecular complexity index is 795. The first-order valence-corrected chi connectivity index (χ1v) is 9.94. The number of halogens is 2. The highest BCUT2D eigenvalue weighted by molar-refractivity contribution is 9.10. The van der Waals surface area contributed by atoms with Crippen molar-refractivity contribution in [3.8, 4) is 5.75 Å². The number of nitrogens with zero attached hydrogens (tertiary/aromatic N) is 1. The third kappa shape index (κ3) is 4.26. The van der Waals surface area contributed by atoms with E-state index < -0.39 is 5.54 Å². The number of rotatable bonds is 7. The molecule has 0 radical (unpaired) electrons. The lowest BCUT2D eigenvalue weighted by atomic mass is 9.81. The van der Waals surface area contributed by atoms with E-state index in [2.05, 4.69) is 39.6 Å². The predicted octanol–water partition coefficient (Wildman–Crippen LogP) is 4.72. The Morgan fingerprint density at radius 1 is 1.33 bits per heavy atom. The fraction of sp³-hybridized carbons (Fsp3) is 0.364. The van der Waals surface area contributed by atoms with Gasteiger partial charge in [0.1, 0.15) is 11.6 Å². The van der Waals surface area contributed by atoms with Gasteiger partial charge in [-0.25, -0.2) is 4.39 Å². The van der Waals surface area contributed by atoms with Crippen LogP contribution in [-0.2, 0) is 12.1 Å². The Morgan fingerprint density at radius 3 is 2.74 bits per heavy atom. The second-order valence-electron chi connectivity index (χ2n) is 7.18. The Hall–Kier alpha value is -1.69. The minimum Gasteiger partial charge on any atom is -0.497 e. The lowest BCUT2D eigenvalue weighted by molar-refractivity contribution is 0.261. The summed E-state index contributed by atoms with van der Waals surface area (Å²) in [6.07, 6.45) is 1.91. The number of methoxy groups -OCH3 is 1. The first kappa shape index (κ1) is 20.1. The number of hydrogen-bond donors (Lipinski definition) is 1. The van der Waals surface area contributed by atoms with Gasteiger partial charge >= 0.3 is 0 Å². The molecule has 1 N–H and O–H groups in total.